The van der Waals surface area contributed by atoms with E-state index >= 15 is 0 Å². The lowest BCUT2D eigenvalue weighted by atomic mass is 10.2. The summed E-state index contributed by atoms with van der Waals surface area (Å²) >= 11 is 1.49. The number of anilines is 5. The van der Waals surface area contributed by atoms with Gasteiger partial charge in [-0.25, -0.2) is 0 Å². The van der Waals surface area contributed by atoms with Crippen LogP contribution in [0, 0.1) is 0 Å². The van der Waals surface area contributed by atoms with E-state index < -0.39 is 0 Å². The summed E-state index contributed by atoms with van der Waals surface area (Å²) in [7, 11) is 0. The molecule has 1 aromatic heterocycles. The molecule has 0 atom stereocenters. The first-order valence-corrected chi connectivity index (χ1v) is 11.6. The van der Waals surface area contributed by atoms with E-state index in [1.54, 1.807) is 4.90 Å². The highest BCUT2D eigenvalue weighted by atomic mass is 32.1. The van der Waals surface area contributed by atoms with Gasteiger partial charge in [0.15, 0.2) is 0 Å². The zero-order chi connectivity index (χ0) is 22.5. The molecule has 5 aromatic rings. The van der Waals surface area contributed by atoms with Crippen LogP contribution in [0.25, 0.3) is 0 Å². The van der Waals surface area contributed by atoms with Crippen molar-refractivity contribution in [3.05, 3.63) is 138 Å². The lowest BCUT2D eigenvalue weighted by Gasteiger charge is -2.24. The lowest BCUT2D eigenvalue weighted by molar-refractivity contribution is 0.100. The van der Waals surface area contributed by atoms with Gasteiger partial charge in [-0.05, 0) is 60.7 Å². The molecule has 1 amide bonds. The molecule has 0 fully saturated rings. The Morgan fingerprint density at radius 3 is 1.30 bits per heavy atom. The van der Waals surface area contributed by atoms with Gasteiger partial charge in [-0.1, -0.05) is 72.8 Å². The first-order chi connectivity index (χ1) is 16.3. The lowest BCUT2D eigenvalue weighted by Crippen LogP contribution is -2.25. The number of para-hydroxylation sites is 4. The summed E-state index contributed by atoms with van der Waals surface area (Å²) in [5.74, 6) is -0.0512. The molecular weight excluding hydrogens is 424 g/mol. The van der Waals surface area contributed by atoms with Crippen molar-refractivity contribution in [1.29, 1.82) is 0 Å². The van der Waals surface area contributed by atoms with Gasteiger partial charge >= 0.3 is 0 Å². The van der Waals surface area contributed by atoms with Crippen LogP contribution in [-0.2, 0) is 0 Å². The first kappa shape index (κ1) is 20.7. The number of carbonyl (C=O) groups is 1. The quantitative estimate of drug-likeness (QED) is 0.262. The van der Waals surface area contributed by atoms with Gasteiger partial charge in [-0.15, -0.1) is 11.3 Å². The normalized spacial score (nSPS) is 10.5. The molecule has 0 aliphatic rings. The van der Waals surface area contributed by atoms with E-state index in [4.69, 9.17) is 0 Å². The maximum Gasteiger partial charge on any atom is 0.272 e. The highest BCUT2D eigenvalue weighted by Gasteiger charge is 2.23. The molecule has 3 nitrogen and oxygen atoms in total. The molecule has 0 spiro atoms. The Kier molecular flexibility index (Phi) is 6.00. The van der Waals surface area contributed by atoms with Crippen molar-refractivity contribution in [1.82, 2.24) is 0 Å². The van der Waals surface area contributed by atoms with E-state index in [1.807, 2.05) is 109 Å². The van der Waals surface area contributed by atoms with Crippen molar-refractivity contribution in [3.8, 4) is 0 Å². The Labute approximate surface area is 197 Å². The standard InChI is InChI=1S/C29H22N2OS/c32-29(31(25-17-9-3-10-18-25)26-19-11-4-12-20-26)27-21-22-28(33-27)30(23-13-5-1-6-14-23)24-15-7-2-8-16-24/h1-22H. The van der Waals surface area contributed by atoms with Gasteiger partial charge in [0, 0.05) is 22.7 Å². The minimum absolute atomic E-state index is 0.0512. The number of carbonyl (C=O) groups excluding carboxylic acids is 1. The molecule has 33 heavy (non-hydrogen) atoms. The Balaban J connectivity index is 1.55. The molecule has 160 valence electrons. The second kappa shape index (κ2) is 9.55. The van der Waals surface area contributed by atoms with E-state index in [0.29, 0.717) is 4.88 Å². The van der Waals surface area contributed by atoms with Crippen molar-refractivity contribution < 1.29 is 4.79 Å². The third kappa shape index (κ3) is 4.43. The maximum absolute atomic E-state index is 13.8. The van der Waals surface area contributed by atoms with Gasteiger partial charge in [0.1, 0.15) is 5.00 Å². The van der Waals surface area contributed by atoms with Crippen LogP contribution in [-0.4, -0.2) is 5.91 Å². The van der Waals surface area contributed by atoms with Gasteiger partial charge in [0.25, 0.3) is 5.91 Å². The Hall–Kier alpha value is -4.15. The molecular formula is C29H22N2OS. The van der Waals surface area contributed by atoms with Gasteiger partial charge in [0.2, 0.25) is 0 Å². The summed E-state index contributed by atoms with van der Waals surface area (Å²) in [5.41, 5.74) is 3.78. The number of rotatable bonds is 6. The molecule has 0 N–H and O–H groups in total. The second-order valence-corrected chi connectivity index (χ2v) is 8.52. The average Bonchev–Trinajstić information content (AvgIpc) is 3.37. The monoisotopic (exact) mass is 446 g/mol. The van der Waals surface area contributed by atoms with Crippen LogP contribution >= 0.6 is 11.3 Å². The zero-order valence-electron chi connectivity index (χ0n) is 17.9. The van der Waals surface area contributed by atoms with Crippen LogP contribution in [0.4, 0.5) is 27.8 Å². The fourth-order valence-electron chi connectivity index (χ4n) is 3.77. The number of hydrogen-bond acceptors (Lipinski definition) is 3. The molecule has 5 rings (SSSR count). The maximum atomic E-state index is 13.8. The van der Waals surface area contributed by atoms with Crippen LogP contribution in [0.15, 0.2) is 133 Å². The SMILES string of the molecule is O=C(c1ccc(N(c2ccccc2)c2ccccc2)s1)N(c1ccccc1)c1ccccc1. The topological polar surface area (TPSA) is 23.6 Å². The fraction of sp³-hybridized carbons (Fsp3) is 0. The van der Waals surface area contributed by atoms with Crippen LogP contribution in [0.5, 0.6) is 0 Å². The molecule has 0 saturated heterocycles. The van der Waals surface area contributed by atoms with Gasteiger partial charge < -0.3 is 4.90 Å². The van der Waals surface area contributed by atoms with Gasteiger partial charge in [0.05, 0.1) is 4.88 Å². The van der Waals surface area contributed by atoms with Crippen LogP contribution in [0.2, 0.25) is 0 Å². The third-order valence-electron chi connectivity index (χ3n) is 5.28. The number of thiophene rings is 1. The molecule has 0 radical (unpaired) electrons. The summed E-state index contributed by atoms with van der Waals surface area (Å²) in [5, 5.41) is 0.983. The minimum Gasteiger partial charge on any atom is -0.302 e. The Morgan fingerprint density at radius 1 is 0.485 bits per heavy atom. The average molecular weight is 447 g/mol. The van der Waals surface area contributed by atoms with E-state index in [1.165, 1.54) is 11.3 Å². The van der Waals surface area contributed by atoms with E-state index in [-0.39, 0.29) is 5.91 Å². The largest absolute Gasteiger partial charge is 0.302 e. The Bertz CT molecular complexity index is 1240. The summed E-state index contributed by atoms with van der Waals surface area (Å²) in [6.45, 7) is 0. The van der Waals surface area contributed by atoms with Crippen molar-refractivity contribution in [2.45, 2.75) is 0 Å². The molecule has 0 saturated carbocycles. The predicted octanol–water partition coefficient (Wildman–Crippen LogP) is 8.20. The van der Waals surface area contributed by atoms with Crippen molar-refractivity contribution in [2.75, 3.05) is 9.80 Å². The molecule has 4 heteroatoms. The smallest absolute Gasteiger partial charge is 0.272 e. The third-order valence-corrected chi connectivity index (χ3v) is 6.34. The highest BCUT2D eigenvalue weighted by Crippen LogP contribution is 2.39. The first-order valence-electron chi connectivity index (χ1n) is 10.8. The second-order valence-electron chi connectivity index (χ2n) is 7.46. The van der Waals surface area contributed by atoms with Crippen molar-refractivity contribution in [3.63, 3.8) is 0 Å². The van der Waals surface area contributed by atoms with Crippen molar-refractivity contribution in [2.24, 2.45) is 0 Å². The minimum atomic E-state index is -0.0512. The van der Waals surface area contributed by atoms with Crippen molar-refractivity contribution >= 4 is 45.0 Å². The van der Waals surface area contributed by atoms with E-state index in [2.05, 4.69) is 29.2 Å². The van der Waals surface area contributed by atoms with Crippen LogP contribution in [0.3, 0.4) is 0 Å². The Morgan fingerprint density at radius 2 is 0.879 bits per heavy atom. The predicted molar refractivity (Wildman–Crippen MR) is 138 cm³/mol. The molecule has 0 unspecified atom stereocenters. The highest BCUT2D eigenvalue weighted by molar-refractivity contribution is 7.18. The summed E-state index contributed by atoms with van der Waals surface area (Å²) in [6.07, 6.45) is 0. The summed E-state index contributed by atoms with van der Waals surface area (Å²) < 4.78 is 0. The van der Waals surface area contributed by atoms with Gasteiger partial charge in [-0.2, -0.15) is 0 Å². The van der Waals surface area contributed by atoms with Crippen LogP contribution < -0.4 is 9.80 Å². The van der Waals surface area contributed by atoms with Crippen LogP contribution in [0.1, 0.15) is 9.67 Å². The summed E-state index contributed by atoms with van der Waals surface area (Å²) in [4.78, 5) is 18.4. The fourth-order valence-corrected chi connectivity index (χ4v) is 4.75. The number of amides is 1. The van der Waals surface area contributed by atoms with Gasteiger partial charge in [-0.3, -0.25) is 9.69 Å². The number of hydrogen-bond donors (Lipinski definition) is 0. The number of benzene rings is 4. The summed E-state index contributed by atoms with van der Waals surface area (Å²) in [6, 6.07) is 43.9. The van der Waals surface area contributed by atoms with E-state index in [0.717, 1.165) is 27.8 Å². The molecule has 0 bridgehead atoms. The molecule has 4 aromatic carbocycles. The number of nitrogens with zero attached hydrogens (tertiary/aromatic N) is 2. The molecule has 0 aliphatic heterocycles. The molecule has 0 aliphatic carbocycles. The van der Waals surface area contributed by atoms with E-state index in [9.17, 15) is 4.79 Å². The molecule has 1 heterocycles. The zero-order valence-corrected chi connectivity index (χ0v) is 18.7.